The Morgan fingerprint density at radius 2 is 2.00 bits per heavy atom. The second-order valence-electron chi connectivity index (χ2n) is 5.61. The van der Waals surface area contributed by atoms with Crippen LogP contribution in [0.2, 0.25) is 0 Å². The minimum absolute atomic E-state index is 0.163. The number of benzene rings is 2. The molecule has 1 aliphatic heterocycles. The first kappa shape index (κ1) is 18.4. The van der Waals surface area contributed by atoms with Crippen LogP contribution in [0.4, 0.5) is 0 Å². The highest BCUT2D eigenvalue weighted by atomic mass is 16.7. The first-order chi connectivity index (χ1) is 13.1. The van der Waals surface area contributed by atoms with E-state index in [0.29, 0.717) is 29.4 Å². The smallest absolute Gasteiger partial charge is 0.341 e. The van der Waals surface area contributed by atoms with E-state index in [1.807, 2.05) is 12.1 Å². The van der Waals surface area contributed by atoms with Gasteiger partial charge in [0.2, 0.25) is 6.79 Å². The van der Waals surface area contributed by atoms with Gasteiger partial charge >= 0.3 is 5.97 Å². The molecule has 8 heteroatoms. The van der Waals surface area contributed by atoms with E-state index in [4.69, 9.17) is 24.1 Å². The first-order valence-corrected chi connectivity index (χ1v) is 8.35. The summed E-state index contributed by atoms with van der Waals surface area (Å²) < 4.78 is 21.4. The number of nitrogens with one attached hydrogen (secondary N) is 1. The molecule has 0 aliphatic carbocycles. The van der Waals surface area contributed by atoms with Crippen molar-refractivity contribution in [1.29, 1.82) is 0 Å². The maximum atomic E-state index is 12.5. The average molecular weight is 373 g/mol. The van der Waals surface area contributed by atoms with Crippen molar-refractivity contribution < 1.29 is 33.6 Å². The third kappa shape index (κ3) is 4.41. The standard InChI is InChI=1S/C19H19NO7/c1-2-24-16-8-12(6-7-14(16)25-10-17(21)22)19(23)20-9-13-4-3-5-15-18(13)27-11-26-15/h3-8H,2,9-11H2,1H3,(H,20,23)(H,21,22). The fraction of sp³-hybridized carbons (Fsp3) is 0.263. The molecule has 2 aromatic rings. The Morgan fingerprint density at radius 3 is 2.78 bits per heavy atom. The van der Waals surface area contributed by atoms with Gasteiger partial charge in [0.15, 0.2) is 29.6 Å². The summed E-state index contributed by atoms with van der Waals surface area (Å²) in [5.41, 5.74) is 1.18. The number of hydrogen-bond acceptors (Lipinski definition) is 6. The van der Waals surface area contributed by atoms with Gasteiger partial charge in [-0.3, -0.25) is 4.79 Å². The quantitative estimate of drug-likeness (QED) is 0.731. The van der Waals surface area contributed by atoms with Gasteiger partial charge in [-0.15, -0.1) is 0 Å². The Morgan fingerprint density at radius 1 is 1.15 bits per heavy atom. The number of ether oxygens (including phenoxy) is 4. The Balaban J connectivity index is 1.70. The van der Waals surface area contributed by atoms with Crippen LogP contribution in [0.5, 0.6) is 23.0 Å². The third-order valence-corrected chi connectivity index (χ3v) is 3.77. The zero-order valence-electron chi connectivity index (χ0n) is 14.7. The van der Waals surface area contributed by atoms with E-state index in [0.717, 1.165) is 5.56 Å². The van der Waals surface area contributed by atoms with Crippen molar-refractivity contribution in [3.8, 4) is 23.0 Å². The number of amides is 1. The third-order valence-electron chi connectivity index (χ3n) is 3.77. The summed E-state index contributed by atoms with van der Waals surface area (Å²) in [5.74, 6) is 0.453. The second-order valence-corrected chi connectivity index (χ2v) is 5.61. The Labute approximate surface area is 155 Å². The number of carbonyl (C=O) groups excluding carboxylic acids is 1. The van der Waals surface area contributed by atoms with Crippen LogP contribution in [0, 0.1) is 0 Å². The van der Waals surface area contributed by atoms with Crippen molar-refractivity contribution in [2.45, 2.75) is 13.5 Å². The maximum absolute atomic E-state index is 12.5. The fourth-order valence-electron chi connectivity index (χ4n) is 2.58. The van der Waals surface area contributed by atoms with Gasteiger partial charge in [-0.2, -0.15) is 0 Å². The number of carboxylic acid groups (broad SMARTS) is 1. The van der Waals surface area contributed by atoms with Crippen LogP contribution >= 0.6 is 0 Å². The molecule has 0 fully saturated rings. The number of carboxylic acids is 1. The Bertz CT molecular complexity index is 850. The van der Waals surface area contributed by atoms with Gasteiger partial charge in [0.1, 0.15) is 0 Å². The number of aliphatic carboxylic acids is 1. The lowest BCUT2D eigenvalue weighted by Crippen LogP contribution is -2.23. The summed E-state index contributed by atoms with van der Waals surface area (Å²) in [6, 6.07) is 10.1. The van der Waals surface area contributed by atoms with E-state index >= 15 is 0 Å². The largest absolute Gasteiger partial charge is 0.490 e. The highest BCUT2D eigenvalue weighted by Gasteiger charge is 2.18. The highest BCUT2D eigenvalue weighted by Crippen LogP contribution is 2.35. The monoisotopic (exact) mass is 373 g/mol. The fourth-order valence-corrected chi connectivity index (χ4v) is 2.58. The van der Waals surface area contributed by atoms with E-state index in [-0.39, 0.29) is 25.0 Å². The summed E-state index contributed by atoms with van der Waals surface area (Å²) in [4.78, 5) is 23.1. The molecule has 1 amide bonds. The van der Waals surface area contributed by atoms with Crippen LogP contribution in [0.25, 0.3) is 0 Å². The molecule has 142 valence electrons. The lowest BCUT2D eigenvalue weighted by atomic mass is 10.1. The first-order valence-electron chi connectivity index (χ1n) is 8.35. The van der Waals surface area contributed by atoms with Gasteiger partial charge in [-0.1, -0.05) is 12.1 Å². The van der Waals surface area contributed by atoms with Crippen molar-refractivity contribution in [1.82, 2.24) is 5.32 Å². The SMILES string of the molecule is CCOc1cc(C(=O)NCc2cccc3c2OCO3)ccc1OCC(=O)O. The van der Waals surface area contributed by atoms with Crippen LogP contribution in [-0.4, -0.2) is 37.0 Å². The topological polar surface area (TPSA) is 103 Å². The summed E-state index contributed by atoms with van der Waals surface area (Å²) in [5, 5.41) is 11.6. The highest BCUT2D eigenvalue weighted by molar-refractivity contribution is 5.94. The molecule has 0 aromatic heterocycles. The lowest BCUT2D eigenvalue weighted by molar-refractivity contribution is -0.139. The van der Waals surface area contributed by atoms with Gasteiger partial charge in [0, 0.05) is 17.7 Å². The molecule has 8 nitrogen and oxygen atoms in total. The molecule has 2 N–H and O–H groups in total. The summed E-state index contributed by atoms with van der Waals surface area (Å²) in [6.45, 7) is 2.07. The van der Waals surface area contributed by atoms with Crippen molar-refractivity contribution in [2.75, 3.05) is 20.0 Å². The van der Waals surface area contributed by atoms with E-state index in [2.05, 4.69) is 5.32 Å². The molecule has 0 saturated heterocycles. The molecule has 0 bridgehead atoms. The van der Waals surface area contributed by atoms with Gasteiger partial charge in [0.25, 0.3) is 5.91 Å². The van der Waals surface area contributed by atoms with E-state index in [1.54, 1.807) is 19.1 Å². The molecule has 1 aliphatic rings. The predicted molar refractivity (Wildman–Crippen MR) is 94.5 cm³/mol. The molecule has 0 saturated carbocycles. The molecule has 3 rings (SSSR count). The maximum Gasteiger partial charge on any atom is 0.341 e. The van der Waals surface area contributed by atoms with Crippen LogP contribution in [0.1, 0.15) is 22.8 Å². The average Bonchev–Trinajstić information content (AvgIpc) is 3.14. The van der Waals surface area contributed by atoms with Crippen LogP contribution in [0.3, 0.4) is 0 Å². The summed E-state index contributed by atoms with van der Waals surface area (Å²) >= 11 is 0. The molecular weight excluding hydrogens is 354 g/mol. The zero-order valence-corrected chi connectivity index (χ0v) is 14.7. The Kier molecular flexibility index (Phi) is 5.65. The van der Waals surface area contributed by atoms with E-state index in [9.17, 15) is 9.59 Å². The zero-order chi connectivity index (χ0) is 19.2. The van der Waals surface area contributed by atoms with Crippen molar-refractivity contribution in [3.05, 3.63) is 47.5 Å². The normalized spacial score (nSPS) is 11.7. The second kappa shape index (κ2) is 8.31. The molecule has 0 radical (unpaired) electrons. The minimum atomic E-state index is -1.10. The van der Waals surface area contributed by atoms with E-state index in [1.165, 1.54) is 12.1 Å². The molecule has 0 unspecified atom stereocenters. The van der Waals surface area contributed by atoms with Gasteiger partial charge in [0.05, 0.1) is 6.61 Å². The van der Waals surface area contributed by atoms with E-state index < -0.39 is 12.6 Å². The molecular formula is C19H19NO7. The number of rotatable bonds is 8. The molecule has 27 heavy (non-hydrogen) atoms. The summed E-state index contributed by atoms with van der Waals surface area (Å²) in [7, 11) is 0. The predicted octanol–water partition coefficient (Wildman–Crippen LogP) is 2.21. The summed E-state index contributed by atoms with van der Waals surface area (Å²) in [6.07, 6.45) is 0. The lowest BCUT2D eigenvalue weighted by Gasteiger charge is -2.13. The van der Waals surface area contributed by atoms with Crippen molar-refractivity contribution in [3.63, 3.8) is 0 Å². The number of hydrogen-bond donors (Lipinski definition) is 2. The van der Waals surface area contributed by atoms with Crippen LogP contribution in [-0.2, 0) is 11.3 Å². The molecule has 0 spiro atoms. The minimum Gasteiger partial charge on any atom is -0.490 e. The molecule has 2 aromatic carbocycles. The number of fused-ring (bicyclic) bond motifs is 1. The molecule has 0 atom stereocenters. The van der Waals surface area contributed by atoms with Gasteiger partial charge in [-0.05, 0) is 31.2 Å². The van der Waals surface area contributed by atoms with Gasteiger partial charge in [-0.25, -0.2) is 4.79 Å². The van der Waals surface area contributed by atoms with Crippen LogP contribution in [0.15, 0.2) is 36.4 Å². The van der Waals surface area contributed by atoms with Crippen molar-refractivity contribution >= 4 is 11.9 Å². The van der Waals surface area contributed by atoms with Gasteiger partial charge < -0.3 is 29.4 Å². The Hall–Kier alpha value is -3.42. The van der Waals surface area contributed by atoms with Crippen molar-refractivity contribution in [2.24, 2.45) is 0 Å². The van der Waals surface area contributed by atoms with Crippen LogP contribution < -0.4 is 24.3 Å². The number of carbonyl (C=O) groups is 2. The number of para-hydroxylation sites is 1. The molecule has 1 heterocycles.